The van der Waals surface area contributed by atoms with Crippen molar-refractivity contribution in [2.45, 2.75) is 33.3 Å². The Bertz CT molecular complexity index is 454. The van der Waals surface area contributed by atoms with Crippen molar-refractivity contribution in [3.63, 3.8) is 0 Å². The lowest BCUT2D eigenvalue weighted by atomic mass is 10.2. The number of hydrogen-bond acceptors (Lipinski definition) is 5. The molecule has 0 bridgehead atoms. The number of pyridine rings is 1. The maximum absolute atomic E-state index is 12.2. The molecule has 6 nitrogen and oxygen atoms in total. The minimum atomic E-state index is -0.191. The zero-order valence-electron chi connectivity index (χ0n) is 13.8. The van der Waals surface area contributed by atoms with Crippen molar-refractivity contribution in [2.75, 3.05) is 32.9 Å². The first kappa shape index (κ1) is 18.4. The van der Waals surface area contributed by atoms with Crippen LogP contribution < -0.4 is 4.74 Å². The van der Waals surface area contributed by atoms with Crippen LogP contribution in [0.2, 0.25) is 0 Å². The van der Waals surface area contributed by atoms with Crippen LogP contribution in [0.1, 0.15) is 38.1 Å². The van der Waals surface area contributed by atoms with Gasteiger partial charge in [-0.1, -0.05) is 0 Å². The first-order valence-corrected chi connectivity index (χ1v) is 7.50. The van der Waals surface area contributed by atoms with Crippen molar-refractivity contribution in [3.8, 4) is 5.88 Å². The lowest BCUT2D eigenvalue weighted by Crippen LogP contribution is -2.33. The Labute approximate surface area is 132 Å². The Hall–Kier alpha value is -1.66. The average molecular weight is 310 g/mol. The van der Waals surface area contributed by atoms with Gasteiger partial charge in [0, 0.05) is 25.4 Å². The Kier molecular flexibility index (Phi) is 7.27. The van der Waals surface area contributed by atoms with E-state index in [2.05, 4.69) is 4.98 Å². The summed E-state index contributed by atoms with van der Waals surface area (Å²) in [5.74, 6) is 0.311. The van der Waals surface area contributed by atoms with Crippen LogP contribution >= 0.6 is 0 Å². The molecule has 1 rings (SSSR count). The monoisotopic (exact) mass is 310 g/mol. The van der Waals surface area contributed by atoms with Crippen LogP contribution in [0.3, 0.4) is 0 Å². The number of nitrogens with zero attached hydrogens (tertiary/aromatic N) is 2. The number of amides is 1. The summed E-state index contributed by atoms with van der Waals surface area (Å²) in [5, 5.41) is 8.94. The molecule has 0 aromatic carbocycles. The van der Waals surface area contributed by atoms with Gasteiger partial charge in [-0.05, 0) is 33.8 Å². The second-order valence-corrected chi connectivity index (χ2v) is 5.80. The number of carbonyl (C=O) groups is 1. The molecule has 22 heavy (non-hydrogen) atoms. The third-order valence-electron chi connectivity index (χ3n) is 2.89. The average Bonchev–Trinajstić information content (AvgIpc) is 2.48. The molecular formula is C16H26N2O4. The van der Waals surface area contributed by atoms with Crippen LogP contribution in [0, 0.1) is 0 Å². The molecule has 0 aliphatic heterocycles. The minimum Gasteiger partial charge on any atom is -0.475 e. The molecule has 1 N–H and O–H groups in total. The van der Waals surface area contributed by atoms with Crippen LogP contribution in [-0.4, -0.2) is 59.4 Å². The molecular weight excluding hydrogens is 284 g/mol. The van der Waals surface area contributed by atoms with Gasteiger partial charge in [-0.25, -0.2) is 4.98 Å². The molecule has 0 radical (unpaired) electrons. The summed E-state index contributed by atoms with van der Waals surface area (Å²) in [6.45, 7) is 9.51. The van der Waals surface area contributed by atoms with Gasteiger partial charge in [0.05, 0.1) is 24.4 Å². The number of likely N-dealkylation sites (N-methyl/N-ethyl adjacent to an activating group) is 1. The summed E-state index contributed by atoms with van der Waals surface area (Å²) < 4.78 is 11.0. The normalized spacial score (nSPS) is 11.3. The van der Waals surface area contributed by atoms with Crippen LogP contribution in [0.5, 0.6) is 5.88 Å². The van der Waals surface area contributed by atoms with Gasteiger partial charge in [-0.2, -0.15) is 0 Å². The molecule has 124 valence electrons. The van der Waals surface area contributed by atoms with Gasteiger partial charge in [0.15, 0.2) is 0 Å². The van der Waals surface area contributed by atoms with Gasteiger partial charge >= 0.3 is 0 Å². The summed E-state index contributed by atoms with van der Waals surface area (Å²) >= 11 is 0. The van der Waals surface area contributed by atoms with Gasteiger partial charge in [-0.3, -0.25) is 4.79 Å². The first-order chi connectivity index (χ1) is 10.4. The Morgan fingerprint density at radius 3 is 2.55 bits per heavy atom. The Morgan fingerprint density at radius 1 is 1.32 bits per heavy atom. The molecule has 0 saturated heterocycles. The standard InChI is InChI=1S/C16H26N2O4/c1-5-18(8-9-19)15(20)13-6-7-14(17-12-13)21-10-11-22-16(2,3)4/h6-7,12,19H,5,8-11H2,1-4H3. The largest absolute Gasteiger partial charge is 0.475 e. The fourth-order valence-corrected chi connectivity index (χ4v) is 1.79. The van der Waals surface area contributed by atoms with E-state index in [1.54, 1.807) is 17.0 Å². The van der Waals surface area contributed by atoms with Crippen LogP contribution in [-0.2, 0) is 4.74 Å². The molecule has 1 aromatic heterocycles. The van der Waals surface area contributed by atoms with E-state index in [1.807, 2.05) is 27.7 Å². The summed E-state index contributed by atoms with van der Waals surface area (Å²) in [5.41, 5.74) is 0.289. The summed E-state index contributed by atoms with van der Waals surface area (Å²) in [6, 6.07) is 3.34. The van der Waals surface area contributed by atoms with Gasteiger partial charge in [-0.15, -0.1) is 0 Å². The van der Waals surface area contributed by atoms with Crippen molar-refractivity contribution >= 4 is 5.91 Å². The molecule has 0 aliphatic carbocycles. The number of aliphatic hydroxyl groups is 1. The Balaban J connectivity index is 2.50. The summed E-state index contributed by atoms with van der Waals surface area (Å²) in [7, 11) is 0. The first-order valence-electron chi connectivity index (χ1n) is 7.50. The van der Waals surface area contributed by atoms with E-state index >= 15 is 0 Å². The quantitative estimate of drug-likeness (QED) is 0.740. The van der Waals surface area contributed by atoms with E-state index in [1.165, 1.54) is 6.20 Å². The predicted octanol–water partition coefficient (Wildman–Crippen LogP) is 1.73. The van der Waals surface area contributed by atoms with E-state index in [0.717, 1.165) is 0 Å². The third kappa shape index (κ3) is 6.41. The third-order valence-corrected chi connectivity index (χ3v) is 2.89. The number of hydrogen-bond donors (Lipinski definition) is 1. The maximum atomic E-state index is 12.2. The SMILES string of the molecule is CCN(CCO)C(=O)c1ccc(OCCOC(C)(C)C)nc1. The topological polar surface area (TPSA) is 71.9 Å². The Morgan fingerprint density at radius 2 is 2.05 bits per heavy atom. The molecule has 0 atom stereocenters. The van der Waals surface area contributed by atoms with Crippen molar-refractivity contribution in [1.82, 2.24) is 9.88 Å². The predicted molar refractivity (Wildman–Crippen MR) is 84.1 cm³/mol. The second-order valence-electron chi connectivity index (χ2n) is 5.80. The van der Waals surface area contributed by atoms with Crippen molar-refractivity contribution in [2.24, 2.45) is 0 Å². The number of rotatable bonds is 8. The van der Waals surface area contributed by atoms with E-state index in [-0.39, 0.29) is 18.1 Å². The summed E-state index contributed by atoms with van der Waals surface area (Å²) in [4.78, 5) is 17.8. The second kappa shape index (κ2) is 8.70. The molecule has 0 fully saturated rings. The van der Waals surface area contributed by atoms with Gasteiger partial charge in [0.25, 0.3) is 5.91 Å². The molecule has 0 aliphatic rings. The molecule has 0 spiro atoms. The fourth-order valence-electron chi connectivity index (χ4n) is 1.79. The molecule has 0 saturated carbocycles. The highest BCUT2D eigenvalue weighted by Gasteiger charge is 2.14. The molecule has 1 amide bonds. The summed E-state index contributed by atoms with van der Waals surface area (Å²) in [6.07, 6.45) is 1.49. The fraction of sp³-hybridized carbons (Fsp3) is 0.625. The zero-order valence-corrected chi connectivity index (χ0v) is 13.8. The van der Waals surface area contributed by atoms with E-state index in [9.17, 15) is 4.79 Å². The lowest BCUT2D eigenvalue weighted by molar-refractivity contribution is -0.0168. The van der Waals surface area contributed by atoms with Crippen molar-refractivity contribution < 1.29 is 19.4 Å². The van der Waals surface area contributed by atoms with Crippen LogP contribution in [0.15, 0.2) is 18.3 Å². The van der Waals surface area contributed by atoms with E-state index in [4.69, 9.17) is 14.6 Å². The highest BCUT2D eigenvalue weighted by Crippen LogP contribution is 2.11. The van der Waals surface area contributed by atoms with E-state index < -0.39 is 0 Å². The zero-order chi connectivity index (χ0) is 16.6. The molecule has 1 heterocycles. The van der Waals surface area contributed by atoms with Crippen molar-refractivity contribution in [3.05, 3.63) is 23.9 Å². The van der Waals surface area contributed by atoms with Gasteiger partial charge < -0.3 is 19.5 Å². The van der Waals surface area contributed by atoms with E-state index in [0.29, 0.717) is 37.7 Å². The van der Waals surface area contributed by atoms with Crippen LogP contribution in [0.4, 0.5) is 0 Å². The van der Waals surface area contributed by atoms with Crippen LogP contribution in [0.25, 0.3) is 0 Å². The maximum Gasteiger partial charge on any atom is 0.255 e. The number of aliphatic hydroxyl groups excluding tert-OH is 1. The number of carbonyl (C=O) groups excluding carboxylic acids is 1. The smallest absolute Gasteiger partial charge is 0.255 e. The van der Waals surface area contributed by atoms with Gasteiger partial charge in [0.1, 0.15) is 6.61 Å². The molecule has 1 aromatic rings. The highest BCUT2D eigenvalue weighted by molar-refractivity contribution is 5.93. The van der Waals surface area contributed by atoms with Gasteiger partial charge in [0.2, 0.25) is 5.88 Å². The lowest BCUT2D eigenvalue weighted by Gasteiger charge is -2.20. The number of aromatic nitrogens is 1. The molecule has 0 unspecified atom stereocenters. The highest BCUT2D eigenvalue weighted by atomic mass is 16.5. The number of ether oxygens (including phenoxy) is 2. The minimum absolute atomic E-state index is 0.0536. The van der Waals surface area contributed by atoms with Crippen molar-refractivity contribution in [1.29, 1.82) is 0 Å². The molecule has 6 heteroatoms.